The van der Waals surface area contributed by atoms with Crippen LogP contribution >= 0.6 is 11.6 Å². The van der Waals surface area contributed by atoms with Gasteiger partial charge in [-0.1, -0.05) is 60.1 Å². The topological polar surface area (TPSA) is 14.2 Å². The van der Waals surface area contributed by atoms with Gasteiger partial charge in [0, 0.05) is 21.5 Å². The minimum atomic E-state index is 0.705. The van der Waals surface area contributed by atoms with E-state index in [2.05, 4.69) is 77.4 Å². The largest absolute Gasteiger partial charge is 0.504 e. The van der Waals surface area contributed by atoms with Gasteiger partial charge < -0.3 is 9.30 Å². The number of rotatable bonds is 4. The molecule has 0 aliphatic heterocycles. The summed E-state index contributed by atoms with van der Waals surface area (Å²) < 4.78 is 7.45. The van der Waals surface area contributed by atoms with Crippen LogP contribution in [0.2, 0.25) is 5.02 Å². The lowest BCUT2D eigenvalue weighted by Crippen LogP contribution is -1.93. The van der Waals surface area contributed by atoms with Gasteiger partial charge in [0.05, 0.1) is 24.4 Å². The maximum absolute atomic E-state index is 6.25. The zero-order valence-electron chi connectivity index (χ0n) is 16.5. The summed E-state index contributed by atoms with van der Waals surface area (Å²) >= 11 is 6.25. The molecule has 0 aliphatic rings. The molecule has 0 spiro atoms. The van der Waals surface area contributed by atoms with Gasteiger partial charge in [0.2, 0.25) is 0 Å². The highest BCUT2D eigenvalue weighted by molar-refractivity contribution is 6.30. The minimum Gasteiger partial charge on any atom is -0.504 e. The molecule has 30 heavy (non-hydrogen) atoms. The van der Waals surface area contributed by atoms with E-state index in [1.54, 1.807) is 13.4 Å². The lowest BCUT2D eigenvalue weighted by atomic mass is 9.98. The highest BCUT2D eigenvalue weighted by Gasteiger charge is 2.13. The smallest absolute Gasteiger partial charge is 0.0830 e. The van der Waals surface area contributed by atoms with Crippen LogP contribution in [0.25, 0.3) is 44.7 Å². The number of benzene rings is 4. The number of hydrogen-bond donors (Lipinski definition) is 0. The van der Waals surface area contributed by atoms with Gasteiger partial charge in [0.1, 0.15) is 0 Å². The Kier molecular flexibility index (Phi) is 4.78. The van der Waals surface area contributed by atoms with Crippen molar-refractivity contribution in [2.45, 2.75) is 0 Å². The lowest BCUT2D eigenvalue weighted by Gasteiger charge is -2.10. The first-order valence-corrected chi connectivity index (χ1v) is 10.2. The second-order valence-corrected chi connectivity index (χ2v) is 7.63. The van der Waals surface area contributed by atoms with E-state index in [1.807, 2.05) is 24.3 Å². The highest BCUT2D eigenvalue weighted by atomic mass is 35.5. The van der Waals surface area contributed by atoms with E-state index < -0.39 is 0 Å². The van der Waals surface area contributed by atoms with Gasteiger partial charge in [0.25, 0.3) is 0 Å². The van der Waals surface area contributed by atoms with Crippen LogP contribution in [-0.2, 0) is 4.74 Å². The van der Waals surface area contributed by atoms with Crippen molar-refractivity contribution < 1.29 is 4.74 Å². The molecular weight excluding hydrogens is 390 g/mol. The van der Waals surface area contributed by atoms with E-state index in [0.717, 1.165) is 22.4 Å². The molecule has 1 aromatic heterocycles. The first-order chi connectivity index (χ1) is 14.8. The zero-order chi connectivity index (χ0) is 20.5. The Morgan fingerprint density at radius 2 is 1.53 bits per heavy atom. The van der Waals surface area contributed by atoms with Crippen LogP contribution in [0.1, 0.15) is 5.56 Å². The third-order valence-corrected chi connectivity index (χ3v) is 5.63. The average molecular weight is 410 g/mol. The molecule has 1 heterocycles. The fourth-order valence-corrected chi connectivity index (χ4v) is 4.25. The first-order valence-electron chi connectivity index (χ1n) is 9.84. The summed E-state index contributed by atoms with van der Waals surface area (Å²) in [4.78, 5) is 0. The van der Waals surface area contributed by atoms with Crippen molar-refractivity contribution >= 4 is 39.5 Å². The molecule has 0 saturated carbocycles. The van der Waals surface area contributed by atoms with E-state index in [1.165, 1.54) is 21.8 Å². The average Bonchev–Trinajstić information content (AvgIpc) is 3.12. The molecule has 0 N–H and O–H groups in total. The van der Waals surface area contributed by atoms with E-state index in [-0.39, 0.29) is 0 Å². The van der Waals surface area contributed by atoms with Gasteiger partial charge >= 0.3 is 0 Å². The molecule has 0 aliphatic carbocycles. The molecule has 3 heteroatoms. The van der Waals surface area contributed by atoms with Crippen LogP contribution in [0.3, 0.4) is 0 Å². The number of fused-ring (bicyclic) bond motifs is 3. The van der Waals surface area contributed by atoms with Crippen LogP contribution in [0.4, 0.5) is 0 Å². The summed E-state index contributed by atoms with van der Waals surface area (Å²) in [7, 11) is 1.64. The SMILES string of the molecule is COC=Cc1cc(Cl)ccc1-c1ccc2c(c1)c1ccccc1n2-c1ccccc1. The standard InChI is InChI=1S/C27H20ClNO/c1-30-16-15-20-17-21(28)12-13-23(20)19-11-14-27-25(18-19)24-9-5-6-10-26(24)29(27)22-7-3-2-4-8-22/h2-18H,1H3. The van der Waals surface area contributed by atoms with Crippen molar-refractivity contribution in [1.82, 2.24) is 4.57 Å². The maximum atomic E-state index is 6.25. The molecule has 0 amide bonds. The molecule has 146 valence electrons. The molecule has 0 atom stereocenters. The Labute approximate surface area is 180 Å². The predicted molar refractivity (Wildman–Crippen MR) is 127 cm³/mol. The van der Waals surface area contributed by atoms with Crippen molar-refractivity contribution in [2.24, 2.45) is 0 Å². The zero-order valence-corrected chi connectivity index (χ0v) is 17.3. The van der Waals surface area contributed by atoms with Gasteiger partial charge in [0.15, 0.2) is 0 Å². The fraction of sp³-hybridized carbons (Fsp3) is 0.0370. The van der Waals surface area contributed by atoms with Gasteiger partial charge in [-0.25, -0.2) is 0 Å². The third-order valence-electron chi connectivity index (χ3n) is 5.40. The molecule has 0 fully saturated rings. The van der Waals surface area contributed by atoms with Gasteiger partial charge in [-0.15, -0.1) is 0 Å². The molecule has 5 aromatic rings. The van der Waals surface area contributed by atoms with Crippen molar-refractivity contribution in [3.63, 3.8) is 0 Å². The summed E-state index contributed by atoms with van der Waals surface area (Å²) in [5.74, 6) is 0. The van der Waals surface area contributed by atoms with Crippen LogP contribution in [-0.4, -0.2) is 11.7 Å². The van der Waals surface area contributed by atoms with Crippen LogP contribution < -0.4 is 0 Å². The third kappa shape index (κ3) is 3.16. The van der Waals surface area contributed by atoms with E-state index in [0.29, 0.717) is 5.02 Å². The van der Waals surface area contributed by atoms with Gasteiger partial charge in [-0.3, -0.25) is 0 Å². The first kappa shape index (κ1) is 18.5. The van der Waals surface area contributed by atoms with Crippen molar-refractivity contribution in [3.8, 4) is 16.8 Å². The molecule has 0 bridgehead atoms. The monoisotopic (exact) mass is 409 g/mol. The van der Waals surface area contributed by atoms with E-state index in [4.69, 9.17) is 16.3 Å². The van der Waals surface area contributed by atoms with E-state index in [9.17, 15) is 0 Å². The summed E-state index contributed by atoms with van der Waals surface area (Å²) in [6.07, 6.45) is 3.62. The fourth-order valence-electron chi connectivity index (χ4n) is 4.07. The Balaban J connectivity index is 1.78. The van der Waals surface area contributed by atoms with Crippen molar-refractivity contribution in [1.29, 1.82) is 0 Å². The maximum Gasteiger partial charge on any atom is 0.0830 e. The Bertz CT molecular complexity index is 1380. The predicted octanol–water partition coefficient (Wildman–Crippen LogP) is 7.72. The molecule has 0 saturated heterocycles. The van der Waals surface area contributed by atoms with Crippen LogP contribution in [0, 0.1) is 0 Å². The Morgan fingerprint density at radius 1 is 0.767 bits per heavy atom. The second kappa shape index (κ2) is 7.74. The van der Waals surface area contributed by atoms with Crippen LogP contribution in [0.5, 0.6) is 0 Å². The molecule has 0 unspecified atom stereocenters. The van der Waals surface area contributed by atoms with Crippen molar-refractivity contribution in [2.75, 3.05) is 7.11 Å². The second-order valence-electron chi connectivity index (χ2n) is 7.19. The lowest BCUT2D eigenvalue weighted by molar-refractivity contribution is 0.341. The van der Waals surface area contributed by atoms with Crippen molar-refractivity contribution in [3.05, 3.63) is 108 Å². The highest BCUT2D eigenvalue weighted by Crippen LogP contribution is 2.36. The normalized spacial score (nSPS) is 11.5. The summed E-state index contributed by atoms with van der Waals surface area (Å²) in [5, 5.41) is 3.17. The summed E-state index contributed by atoms with van der Waals surface area (Å²) in [6, 6.07) is 31.6. The minimum absolute atomic E-state index is 0.705. The number of ether oxygens (including phenoxy) is 1. The number of hydrogen-bond acceptors (Lipinski definition) is 1. The summed E-state index contributed by atoms with van der Waals surface area (Å²) in [5.41, 5.74) is 6.83. The van der Waals surface area contributed by atoms with Gasteiger partial charge in [-0.2, -0.15) is 0 Å². The molecule has 4 aromatic carbocycles. The van der Waals surface area contributed by atoms with Gasteiger partial charge in [-0.05, 0) is 65.2 Å². The van der Waals surface area contributed by atoms with Crippen LogP contribution in [0.15, 0.2) is 97.3 Å². The molecule has 5 rings (SSSR count). The molecule has 0 radical (unpaired) electrons. The van der Waals surface area contributed by atoms with E-state index >= 15 is 0 Å². The Morgan fingerprint density at radius 3 is 2.37 bits per heavy atom. The molecule has 2 nitrogen and oxygen atoms in total. The Hall–Kier alpha value is -3.49. The number of nitrogens with zero attached hydrogens (tertiary/aromatic N) is 1. The number of halogens is 1. The quantitative estimate of drug-likeness (QED) is 0.277. The number of para-hydroxylation sites is 2. The number of aromatic nitrogens is 1. The number of methoxy groups -OCH3 is 1. The molecular formula is C27H20ClNO. The summed E-state index contributed by atoms with van der Waals surface area (Å²) in [6.45, 7) is 0.